The van der Waals surface area contributed by atoms with Crippen molar-refractivity contribution in [2.24, 2.45) is 0 Å². The van der Waals surface area contributed by atoms with E-state index in [4.69, 9.17) is 9.47 Å². The maximum atomic E-state index is 13.0. The molecule has 5 nitrogen and oxygen atoms in total. The molecule has 0 saturated carbocycles. The number of thiophene rings is 1. The number of hydrogen-bond acceptors (Lipinski definition) is 5. The van der Waals surface area contributed by atoms with Crippen LogP contribution in [0.3, 0.4) is 0 Å². The average Bonchev–Trinajstić information content (AvgIpc) is 3.26. The highest BCUT2D eigenvalue weighted by Gasteiger charge is 2.23. The second-order valence-electron chi connectivity index (χ2n) is 5.89. The van der Waals surface area contributed by atoms with Crippen molar-refractivity contribution in [3.05, 3.63) is 77.2 Å². The minimum Gasteiger partial charge on any atom is -0.496 e. The predicted molar refractivity (Wildman–Crippen MR) is 110 cm³/mol. The standard InChI is InChI=1S/C22H18O5S/c1-13(21(23)14-7-4-5-8-15(14)22(24)25)16-11-17(20-9-6-10-28-20)19(27-3)12-18(16)26-2/h4-12H,1H2,2-3H3,(H,24,25). The maximum absolute atomic E-state index is 13.0. The van der Waals surface area contributed by atoms with Gasteiger partial charge in [-0.25, -0.2) is 4.79 Å². The molecule has 2 aromatic carbocycles. The molecule has 3 aromatic rings. The van der Waals surface area contributed by atoms with Crippen LogP contribution in [0.15, 0.2) is 60.5 Å². The van der Waals surface area contributed by atoms with Crippen molar-refractivity contribution in [1.82, 2.24) is 0 Å². The third-order valence-corrected chi connectivity index (χ3v) is 5.21. The van der Waals surface area contributed by atoms with Gasteiger partial charge in [-0.2, -0.15) is 0 Å². The van der Waals surface area contributed by atoms with Gasteiger partial charge >= 0.3 is 5.97 Å². The Morgan fingerprint density at radius 1 is 0.929 bits per heavy atom. The first kappa shape index (κ1) is 19.4. The number of ketones is 1. The zero-order valence-electron chi connectivity index (χ0n) is 15.4. The van der Waals surface area contributed by atoms with Gasteiger partial charge in [0.05, 0.1) is 19.8 Å². The van der Waals surface area contributed by atoms with Gasteiger partial charge < -0.3 is 14.6 Å². The van der Waals surface area contributed by atoms with Crippen LogP contribution in [0.2, 0.25) is 0 Å². The SMILES string of the molecule is C=C(C(=O)c1ccccc1C(=O)O)c1cc(-c2cccs2)c(OC)cc1OC. The molecule has 3 rings (SSSR count). The Kier molecular flexibility index (Phi) is 5.61. The summed E-state index contributed by atoms with van der Waals surface area (Å²) >= 11 is 1.54. The van der Waals surface area contributed by atoms with E-state index >= 15 is 0 Å². The summed E-state index contributed by atoms with van der Waals surface area (Å²) < 4.78 is 10.9. The monoisotopic (exact) mass is 394 g/mol. The van der Waals surface area contributed by atoms with E-state index in [2.05, 4.69) is 6.58 Å². The van der Waals surface area contributed by atoms with Crippen LogP contribution < -0.4 is 9.47 Å². The number of carbonyl (C=O) groups is 2. The minimum atomic E-state index is -1.17. The first-order chi connectivity index (χ1) is 13.5. The molecule has 0 aliphatic heterocycles. The molecule has 0 spiro atoms. The molecule has 0 radical (unpaired) electrons. The van der Waals surface area contributed by atoms with Gasteiger partial charge in [0.25, 0.3) is 0 Å². The van der Waals surface area contributed by atoms with Gasteiger partial charge in [-0.1, -0.05) is 30.8 Å². The van der Waals surface area contributed by atoms with E-state index in [1.165, 1.54) is 30.6 Å². The molecule has 0 aliphatic rings. The first-order valence-electron chi connectivity index (χ1n) is 8.34. The van der Waals surface area contributed by atoms with Gasteiger partial charge in [-0.15, -0.1) is 11.3 Å². The van der Waals surface area contributed by atoms with E-state index in [9.17, 15) is 14.7 Å². The lowest BCUT2D eigenvalue weighted by molar-refractivity contribution is 0.0693. The fraction of sp³-hybridized carbons (Fsp3) is 0.0909. The van der Waals surface area contributed by atoms with Crippen molar-refractivity contribution in [3.63, 3.8) is 0 Å². The molecule has 1 N–H and O–H groups in total. The Labute approximate surface area is 166 Å². The highest BCUT2D eigenvalue weighted by Crippen LogP contribution is 2.40. The van der Waals surface area contributed by atoms with E-state index in [0.29, 0.717) is 17.1 Å². The third-order valence-electron chi connectivity index (χ3n) is 4.31. The van der Waals surface area contributed by atoms with Crippen LogP contribution in [0, 0.1) is 0 Å². The van der Waals surface area contributed by atoms with E-state index < -0.39 is 11.8 Å². The Balaban J connectivity index is 2.12. The molecule has 0 unspecified atom stereocenters. The minimum absolute atomic E-state index is 0.0698. The topological polar surface area (TPSA) is 72.8 Å². The van der Waals surface area contributed by atoms with Crippen molar-refractivity contribution in [1.29, 1.82) is 0 Å². The average molecular weight is 394 g/mol. The lowest BCUT2D eigenvalue weighted by atomic mass is 9.93. The molecule has 0 amide bonds. The quantitative estimate of drug-likeness (QED) is 0.450. The Bertz CT molecular complexity index is 1050. The number of carboxylic acids is 1. The number of allylic oxidation sites excluding steroid dienone is 1. The van der Waals surface area contributed by atoms with Gasteiger partial charge in [0.15, 0.2) is 5.78 Å². The Morgan fingerprint density at radius 3 is 2.18 bits per heavy atom. The number of hydrogen-bond donors (Lipinski definition) is 1. The normalized spacial score (nSPS) is 10.4. The van der Waals surface area contributed by atoms with Crippen molar-refractivity contribution in [2.75, 3.05) is 14.2 Å². The fourth-order valence-corrected chi connectivity index (χ4v) is 3.66. The summed E-state index contributed by atoms with van der Waals surface area (Å²) in [6.07, 6.45) is 0. The molecule has 6 heteroatoms. The highest BCUT2D eigenvalue weighted by molar-refractivity contribution is 7.13. The van der Waals surface area contributed by atoms with Gasteiger partial charge in [0.2, 0.25) is 0 Å². The Hall–Kier alpha value is -3.38. The number of ether oxygens (including phenoxy) is 2. The summed E-state index contributed by atoms with van der Waals surface area (Å²) in [5.74, 6) is -0.617. The van der Waals surface area contributed by atoms with Crippen LogP contribution in [0.25, 0.3) is 16.0 Å². The fourth-order valence-electron chi connectivity index (χ4n) is 2.91. The molecule has 1 heterocycles. The zero-order chi connectivity index (χ0) is 20.3. The number of benzene rings is 2. The number of carboxylic acid groups (broad SMARTS) is 1. The summed E-state index contributed by atoms with van der Waals surface area (Å²) in [5, 5.41) is 11.3. The summed E-state index contributed by atoms with van der Waals surface area (Å²) in [6, 6.07) is 13.4. The highest BCUT2D eigenvalue weighted by atomic mass is 32.1. The Morgan fingerprint density at radius 2 is 1.61 bits per heavy atom. The number of methoxy groups -OCH3 is 2. The maximum Gasteiger partial charge on any atom is 0.336 e. The van der Waals surface area contributed by atoms with E-state index in [1.54, 1.807) is 31.4 Å². The van der Waals surface area contributed by atoms with Crippen molar-refractivity contribution in [3.8, 4) is 21.9 Å². The second kappa shape index (κ2) is 8.10. The van der Waals surface area contributed by atoms with Crippen LogP contribution in [0.4, 0.5) is 0 Å². The predicted octanol–water partition coefficient (Wildman–Crippen LogP) is 5.03. The van der Waals surface area contributed by atoms with Gasteiger partial charge in [-0.05, 0) is 23.6 Å². The van der Waals surface area contributed by atoms with E-state index in [-0.39, 0.29) is 16.7 Å². The summed E-state index contributed by atoms with van der Waals surface area (Å²) in [4.78, 5) is 25.5. The van der Waals surface area contributed by atoms with Crippen molar-refractivity contribution >= 4 is 28.7 Å². The molecule has 0 saturated heterocycles. The first-order valence-corrected chi connectivity index (χ1v) is 9.22. The molecule has 28 heavy (non-hydrogen) atoms. The van der Waals surface area contributed by atoms with Crippen LogP contribution >= 0.6 is 11.3 Å². The van der Waals surface area contributed by atoms with Crippen molar-refractivity contribution < 1.29 is 24.2 Å². The molecule has 0 fully saturated rings. The smallest absolute Gasteiger partial charge is 0.336 e. The molecule has 0 aliphatic carbocycles. The van der Waals surface area contributed by atoms with Crippen LogP contribution in [-0.2, 0) is 0 Å². The molecular formula is C22H18O5S. The van der Waals surface area contributed by atoms with Gasteiger partial charge in [0, 0.05) is 33.2 Å². The number of rotatable bonds is 7. The summed E-state index contributed by atoms with van der Waals surface area (Å²) in [5.41, 5.74) is 1.44. The van der Waals surface area contributed by atoms with Crippen LogP contribution in [0.1, 0.15) is 26.3 Å². The van der Waals surface area contributed by atoms with Crippen LogP contribution in [0.5, 0.6) is 11.5 Å². The molecule has 0 bridgehead atoms. The molecular weight excluding hydrogens is 376 g/mol. The third kappa shape index (κ3) is 3.54. The lowest BCUT2D eigenvalue weighted by Gasteiger charge is -2.16. The van der Waals surface area contributed by atoms with E-state index in [1.807, 2.05) is 17.5 Å². The lowest BCUT2D eigenvalue weighted by Crippen LogP contribution is -2.10. The zero-order valence-corrected chi connectivity index (χ0v) is 16.2. The van der Waals surface area contributed by atoms with Gasteiger partial charge in [0.1, 0.15) is 11.5 Å². The number of carbonyl (C=O) groups excluding carboxylic acids is 1. The largest absolute Gasteiger partial charge is 0.496 e. The van der Waals surface area contributed by atoms with E-state index in [0.717, 1.165) is 10.4 Å². The summed E-state index contributed by atoms with van der Waals surface area (Å²) in [6.45, 7) is 3.93. The number of Topliss-reactive ketones (excluding diaryl/α,β-unsaturated/α-hetero) is 1. The summed E-state index contributed by atoms with van der Waals surface area (Å²) in [7, 11) is 3.06. The molecule has 142 valence electrons. The molecule has 0 atom stereocenters. The van der Waals surface area contributed by atoms with Gasteiger partial charge in [-0.3, -0.25) is 4.79 Å². The van der Waals surface area contributed by atoms with Crippen LogP contribution in [-0.4, -0.2) is 31.1 Å². The molecule has 1 aromatic heterocycles. The number of aromatic carboxylic acids is 1. The second-order valence-corrected chi connectivity index (χ2v) is 6.84. The van der Waals surface area contributed by atoms with Crippen molar-refractivity contribution in [2.45, 2.75) is 0 Å².